The van der Waals surface area contributed by atoms with E-state index < -0.39 is 0 Å². The van der Waals surface area contributed by atoms with Crippen molar-refractivity contribution < 1.29 is 4.79 Å². The molecule has 2 nitrogen and oxygen atoms in total. The fraction of sp³-hybridized carbons (Fsp3) is 0.353. The summed E-state index contributed by atoms with van der Waals surface area (Å²) in [6.07, 6.45) is 1.52. The van der Waals surface area contributed by atoms with Crippen molar-refractivity contribution >= 4 is 28.3 Å². The largest absolute Gasteiger partial charge is 0.342 e. The number of carbonyl (C=O) groups excluding carboxylic acids is 1. The van der Waals surface area contributed by atoms with E-state index in [9.17, 15) is 4.79 Å². The monoisotopic (exact) mass is 287 g/mol. The lowest BCUT2D eigenvalue weighted by Gasteiger charge is -2.17. The predicted octanol–water partition coefficient (Wildman–Crippen LogP) is 3.47. The van der Waals surface area contributed by atoms with Crippen molar-refractivity contribution in [3.63, 3.8) is 0 Å². The minimum Gasteiger partial charge on any atom is -0.342 e. The van der Waals surface area contributed by atoms with Crippen molar-refractivity contribution in [2.45, 2.75) is 12.8 Å². The van der Waals surface area contributed by atoms with Crippen LogP contribution < -0.4 is 0 Å². The summed E-state index contributed by atoms with van der Waals surface area (Å²) in [5.74, 6) is 1.16. The van der Waals surface area contributed by atoms with Gasteiger partial charge < -0.3 is 4.90 Å². The van der Waals surface area contributed by atoms with Gasteiger partial charge in [0, 0.05) is 25.4 Å². The highest BCUT2D eigenvalue weighted by Gasteiger charge is 2.28. The van der Waals surface area contributed by atoms with E-state index in [1.807, 2.05) is 4.90 Å². The molecule has 1 amide bonds. The topological polar surface area (TPSA) is 20.3 Å². The van der Waals surface area contributed by atoms with Crippen LogP contribution in [-0.2, 0) is 11.2 Å². The quantitative estimate of drug-likeness (QED) is 0.789. The van der Waals surface area contributed by atoms with E-state index in [0.717, 1.165) is 19.5 Å². The molecule has 1 aliphatic heterocycles. The van der Waals surface area contributed by atoms with Crippen LogP contribution >= 0.6 is 11.6 Å². The van der Waals surface area contributed by atoms with Gasteiger partial charge in [-0.1, -0.05) is 42.5 Å². The average molecular weight is 288 g/mol. The fourth-order valence-corrected chi connectivity index (χ4v) is 3.15. The lowest BCUT2D eigenvalue weighted by atomic mass is 10.0. The Morgan fingerprint density at radius 2 is 1.95 bits per heavy atom. The number of amides is 1. The van der Waals surface area contributed by atoms with Crippen molar-refractivity contribution in [2.75, 3.05) is 19.0 Å². The highest BCUT2D eigenvalue weighted by atomic mass is 35.5. The molecule has 20 heavy (non-hydrogen) atoms. The van der Waals surface area contributed by atoms with Gasteiger partial charge in [0.05, 0.1) is 0 Å². The Labute approximate surface area is 124 Å². The van der Waals surface area contributed by atoms with Gasteiger partial charge in [0.1, 0.15) is 0 Å². The molecule has 3 rings (SSSR count). The van der Waals surface area contributed by atoms with Crippen molar-refractivity contribution in [3.8, 4) is 0 Å². The third kappa shape index (κ3) is 2.66. The molecule has 0 aromatic heterocycles. The third-order valence-electron chi connectivity index (χ3n) is 4.04. The molecule has 1 unspecified atom stereocenters. The van der Waals surface area contributed by atoms with Crippen LogP contribution in [0.1, 0.15) is 12.0 Å². The number of halogens is 1. The molecule has 0 bridgehead atoms. The number of alkyl halides is 1. The van der Waals surface area contributed by atoms with Crippen LogP contribution in [0.25, 0.3) is 10.8 Å². The van der Waals surface area contributed by atoms with Crippen molar-refractivity contribution in [2.24, 2.45) is 5.92 Å². The first-order valence-electron chi connectivity index (χ1n) is 7.08. The van der Waals surface area contributed by atoms with Gasteiger partial charge in [-0.15, -0.1) is 11.6 Å². The van der Waals surface area contributed by atoms with Gasteiger partial charge in [0.15, 0.2) is 0 Å². The van der Waals surface area contributed by atoms with Gasteiger partial charge >= 0.3 is 0 Å². The fourth-order valence-electron chi connectivity index (χ4n) is 2.94. The number of likely N-dealkylation sites (tertiary alicyclic amines) is 1. The molecule has 3 heteroatoms. The van der Waals surface area contributed by atoms with E-state index in [1.54, 1.807) is 0 Å². The highest BCUT2D eigenvalue weighted by Crippen LogP contribution is 2.22. The van der Waals surface area contributed by atoms with Crippen LogP contribution in [0, 0.1) is 5.92 Å². The van der Waals surface area contributed by atoms with Crippen LogP contribution in [-0.4, -0.2) is 29.8 Å². The summed E-state index contributed by atoms with van der Waals surface area (Å²) in [4.78, 5) is 13.8. The molecule has 104 valence electrons. The van der Waals surface area contributed by atoms with Gasteiger partial charge in [0.2, 0.25) is 5.91 Å². The zero-order valence-corrected chi connectivity index (χ0v) is 12.1. The lowest BCUT2D eigenvalue weighted by molar-refractivity contribution is -0.127. The summed E-state index contributed by atoms with van der Waals surface area (Å²) >= 11 is 5.85. The molecule has 2 aromatic carbocycles. The van der Waals surface area contributed by atoms with Gasteiger partial charge in [-0.3, -0.25) is 4.79 Å². The van der Waals surface area contributed by atoms with Crippen LogP contribution in [0.2, 0.25) is 0 Å². The van der Waals surface area contributed by atoms with Gasteiger partial charge in [0.25, 0.3) is 0 Å². The van der Waals surface area contributed by atoms with Crippen molar-refractivity contribution in [1.82, 2.24) is 4.90 Å². The number of rotatable bonds is 4. The normalized spacial score (nSPS) is 18.9. The minimum atomic E-state index is 0.246. The second kappa shape index (κ2) is 5.84. The smallest absolute Gasteiger partial charge is 0.222 e. The van der Waals surface area contributed by atoms with Gasteiger partial charge in [-0.05, 0) is 28.7 Å². The average Bonchev–Trinajstić information content (AvgIpc) is 2.85. The van der Waals surface area contributed by atoms with Crippen molar-refractivity contribution in [3.05, 3.63) is 48.0 Å². The first-order valence-corrected chi connectivity index (χ1v) is 7.62. The zero-order chi connectivity index (χ0) is 13.9. The maximum absolute atomic E-state index is 11.9. The second-order valence-electron chi connectivity index (χ2n) is 5.45. The Morgan fingerprint density at radius 1 is 1.15 bits per heavy atom. The second-order valence-corrected chi connectivity index (χ2v) is 5.76. The molecule has 1 atom stereocenters. The summed E-state index contributed by atoms with van der Waals surface area (Å²) in [5, 5.41) is 2.55. The number of hydrogen-bond acceptors (Lipinski definition) is 1. The summed E-state index contributed by atoms with van der Waals surface area (Å²) in [7, 11) is 0. The van der Waals surface area contributed by atoms with Gasteiger partial charge in [-0.25, -0.2) is 0 Å². The van der Waals surface area contributed by atoms with Crippen LogP contribution in [0.4, 0.5) is 0 Å². The Bertz CT molecular complexity index is 620. The number of hydrogen-bond donors (Lipinski definition) is 0. The molecule has 0 radical (unpaired) electrons. The summed E-state index contributed by atoms with van der Waals surface area (Å²) < 4.78 is 0. The lowest BCUT2D eigenvalue weighted by Crippen LogP contribution is -2.27. The van der Waals surface area contributed by atoms with E-state index in [0.29, 0.717) is 18.2 Å². The molecule has 0 N–H and O–H groups in total. The van der Waals surface area contributed by atoms with Crippen LogP contribution in [0.3, 0.4) is 0 Å². The number of benzene rings is 2. The Balaban J connectivity index is 1.73. The van der Waals surface area contributed by atoms with E-state index in [2.05, 4.69) is 42.5 Å². The zero-order valence-electron chi connectivity index (χ0n) is 11.4. The molecule has 1 heterocycles. The Hall–Kier alpha value is -1.54. The summed E-state index contributed by atoms with van der Waals surface area (Å²) in [6.45, 7) is 1.60. The van der Waals surface area contributed by atoms with E-state index in [-0.39, 0.29) is 5.91 Å². The molecule has 1 saturated heterocycles. The van der Waals surface area contributed by atoms with Crippen LogP contribution in [0.5, 0.6) is 0 Å². The summed E-state index contributed by atoms with van der Waals surface area (Å²) in [6, 6.07) is 14.8. The van der Waals surface area contributed by atoms with Crippen LogP contribution in [0.15, 0.2) is 42.5 Å². The first-order chi connectivity index (χ1) is 9.78. The first kappa shape index (κ1) is 13.4. The number of carbonyl (C=O) groups is 1. The van der Waals surface area contributed by atoms with E-state index in [4.69, 9.17) is 11.6 Å². The maximum Gasteiger partial charge on any atom is 0.222 e. The Morgan fingerprint density at radius 3 is 2.75 bits per heavy atom. The molecule has 0 saturated carbocycles. The maximum atomic E-state index is 11.9. The van der Waals surface area contributed by atoms with E-state index in [1.165, 1.54) is 16.3 Å². The van der Waals surface area contributed by atoms with Gasteiger partial charge in [-0.2, -0.15) is 0 Å². The molecule has 0 spiro atoms. The molecule has 0 aliphatic carbocycles. The summed E-state index contributed by atoms with van der Waals surface area (Å²) in [5.41, 5.74) is 1.31. The minimum absolute atomic E-state index is 0.246. The molecule has 2 aromatic rings. The third-order valence-corrected chi connectivity index (χ3v) is 4.48. The standard InChI is InChI=1S/C17H18ClNO/c18-11-13-10-17(20)19(12-13)9-8-15-6-3-5-14-4-1-2-7-16(14)15/h1-7,13H,8-12H2. The van der Waals surface area contributed by atoms with E-state index >= 15 is 0 Å². The molecule has 1 fully saturated rings. The number of nitrogens with zero attached hydrogens (tertiary/aromatic N) is 1. The molecular formula is C17H18ClNO. The Kier molecular flexibility index (Phi) is 3.93. The highest BCUT2D eigenvalue weighted by molar-refractivity contribution is 6.18. The molecular weight excluding hydrogens is 270 g/mol. The van der Waals surface area contributed by atoms with Crippen molar-refractivity contribution in [1.29, 1.82) is 0 Å². The molecule has 1 aliphatic rings. The predicted molar refractivity (Wildman–Crippen MR) is 83.1 cm³/mol. The number of fused-ring (bicyclic) bond motifs is 1. The SMILES string of the molecule is O=C1CC(CCl)CN1CCc1cccc2ccccc12.